The van der Waals surface area contributed by atoms with E-state index in [4.69, 9.17) is 0 Å². The molecule has 1 fully saturated rings. The van der Waals surface area contributed by atoms with Crippen molar-refractivity contribution >= 4 is 11.6 Å². The number of hydrogen-bond acceptors (Lipinski definition) is 2. The molecule has 2 aromatic carbocycles. The van der Waals surface area contributed by atoms with Crippen LogP contribution in [0.1, 0.15) is 18.4 Å². The van der Waals surface area contributed by atoms with Crippen molar-refractivity contribution in [3.8, 4) is 0 Å². The van der Waals surface area contributed by atoms with Gasteiger partial charge in [-0.2, -0.15) is 0 Å². The molecule has 6 heteroatoms. The predicted molar refractivity (Wildman–Crippen MR) is 98.8 cm³/mol. The summed E-state index contributed by atoms with van der Waals surface area (Å²) in [5, 5.41) is 2.55. The van der Waals surface area contributed by atoms with E-state index < -0.39 is 11.6 Å². The molecular weight excluding hydrogens is 353 g/mol. The number of likely N-dealkylation sites (tertiary alicyclic amines) is 1. The van der Waals surface area contributed by atoms with Crippen LogP contribution in [-0.4, -0.2) is 30.4 Å². The van der Waals surface area contributed by atoms with Crippen molar-refractivity contribution in [1.82, 2.24) is 4.90 Å². The smallest absolute Gasteiger partial charge is 0.248 e. The van der Waals surface area contributed by atoms with Crippen LogP contribution in [0.5, 0.6) is 0 Å². The highest BCUT2D eigenvalue weighted by Crippen LogP contribution is 2.18. The summed E-state index contributed by atoms with van der Waals surface area (Å²) < 4.78 is 39.0. The summed E-state index contributed by atoms with van der Waals surface area (Å²) in [5.41, 5.74) is 2.37. The van der Waals surface area contributed by atoms with Gasteiger partial charge in [0.2, 0.25) is 5.91 Å². The zero-order valence-corrected chi connectivity index (χ0v) is 14.9. The normalized spacial score (nSPS) is 14.9. The van der Waals surface area contributed by atoms with E-state index in [1.807, 2.05) is 0 Å². The van der Waals surface area contributed by atoms with Crippen molar-refractivity contribution in [3.63, 3.8) is 0 Å². The van der Waals surface area contributed by atoms with Crippen molar-refractivity contribution in [3.05, 3.63) is 77.1 Å². The molecule has 1 aliphatic rings. The van der Waals surface area contributed by atoms with Crippen molar-refractivity contribution in [2.24, 2.45) is 0 Å². The average Bonchev–Trinajstić information content (AvgIpc) is 2.65. The third-order valence-electron chi connectivity index (χ3n) is 4.65. The number of amides is 1. The summed E-state index contributed by atoms with van der Waals surface area (Å²) in [6.07, 6.45) is 3.97. The molecule has 3 rings (SSSR count). The zero-order valence-electron chi connectivity index (χ0n) is 14.9. The number of anilines is 1. The van der Waals surface area contributed by atoms with Gasteiger partial charge in [0, 0.05) is 37.5 Å². The summed E-state index contributed by atoms with van der Waals surface area (Å²) in [5.74, 6) is -2.50. The molecule has 0 unspecified atom stereocenters. The van der Waals surface area contributed by atoms with E-state index in [0.717, 1.165) is 62.2 Å². The molecular formula is C21H21F3N2O. The Morgan fingerprint density at radius 1 is 1.00 bits per heavy atom. The highest BCUT2D eigenvalue weighted by molar-refractivity contribution is 5.99. The van der Waals surface area contributed by atoms with Crippen LogP contribution >= 0.6 is 0 Å². The van der Waals surface area contributed by atoms with Crippen molar-refractivity contribution < 1.29 is 18.0 Å². The quantitative estimate of drug-likeness (QED) is 0.791. The molecule has 0 aliphatic carbocycles. The number of halogens is 3. The van der Waals surface area contributed by atoms with Crippen LogP contribution in [0.25, 0.3) is 0 Å². The second-order valence-corrected chi connectivity index (χ2v) is 6.64. The Labute approximate surface area is 156 Å². The second-order valence-electron chi connectivity index (χ2n) is 6.64. The van der Waals surface area contributed by atoms with Gasteiger partial charge >= 0.3 is 0 Å². The number of benzene rings is 2. The van der Waals surface area contributed by atoms with Crippen LogP contribution in [-0.2, 0) is 11.2 Å². The van der Waals surface area contributed by atoms with E-state index in [-0.39, 0.29) is 17.4 Å². The van der Waals surface area contributed by atoms with Crippen LogP contribution < -0.4 is 5.32 Å². The molecule has 0 bridgehead atoms. The van der Waals surface area contributed by atoms with E-state index in [9.17, 15) is 18.0 Å². The number of nitrogens with one attached hydrogen (secondary N) is 1. The minimum Gasteiger partial charge on any atom is -0.322 e. The second kappa shape index (κ2) is 8.86. The van der Waals surface area contributed by atoms with Crippen LogP contribution in [0.2, 0.25) is 0 Å². The standard InChI is InChI=1S/C21H21F3N2O/c22-17-3-1-15(2-4-17)7-10-26-11-8-16(9-12-26)13-21(27)25-18-5-6-19(23)20(24)14-18/h1-6,13-14H,7-12H2,(H,25,27). The SMILES string of the molecule is O=C(C=C1CCN(CCc2ccc(F)cc2)CC1)Nc1ccc(F)c(F)c1. The minimum absolute atomic E-state index is 0.229. The van der Waals surface area contributed by atoms with E-state index in [1.54, 1.807) is 18.2 Å². The van der Waals surface area contributed by atoms with Gasteiger partial charge in [0.15, 0.2) is 11.6 Å². The fourth-order valence-corrected chi connectivity index (χ4v) is 3.08. The van der Waals surface area contributed by atoms with Gasteiger partial charge in [-0.25, -0.2) is 13.2 Å². The maximum atomic E-state index is 13.2. The van der Waals surface area contributed by atoms with Crippen LogP contribution in [0.15, 0.2) is 54.1 Å². The van der Waals surface area contributed by atoms with Gasteiger partial charge in [0.05, 0.1) is 0 Å². The molecule has 1 saturated heterocycles. The molecule has 1 N–H and O–H groups in total. The molecule has 1 heterocycles. The molecule has 0 radical (unpaired) electrons. The third kappa shape index (κ3) is 5.69. The molecule has 3 nitrogen and oxygen atoms in total. The summed E-state index contributed by atoms with van der Waals surface area (Å²) in [4.78, 5) is 14.4. The van der Waals surface area contributed by atoms with E-state index in [1.165, 1.54) is 18.2 Å². The molecule has 27 heavy (non-hydrogen) atoms. The fraction of sp³-hybridized carbons (Fsp3) is 0.286. The van der Waals surface area contributed by atoms with Gasteiger partial charge in [0.25, 0.3) is 0 Å². The first-order valence-corrected chi connectivity index (χ1v) is 8.92. The molecule has 0 atom stereocenters. The minimum atomic E-state index is -0.991. The summed E-state index contributed by atoms with van der Waals surface area (Å²) >= 11 is 0. The van der Waals surface area contributed by atoms with Gasteiger partial charge < -0.3 is 10.2 Å². The average molecular weight is 374 g/mol. The maximum absolute atomic E-state index is 13.2. The Morgan fingerprint density at radius 2 is 1.70 bits per heavy atom. The molecule has 1 amide bonds. The number of carbonyl (C=O) groups is 1. The fourth-order valence-electron chi connectivity index (χ4n) is 3.08. The number of rotatable bonds is 5. The molecule has 142 valence electrons. The molecule has 2 aromatic rings. The molecule has 0 saturated carbocycles. The topological polar surface area (TPSA) is 32.3 Å². The van der Waals surface area contributed by atoms with E-state index >= 15 is 0 Å². The third-order valence-corrected chi connectivity index (χ3v) is 4.65. The van der Waals surface area contributed by atoms with Crippen molar-refractivity contribution in [2.75, 3.05) is 25.0 Å². The summed E-state index contributed by atoms with van der Waals surface area (Å²) in [7, 11) is 0. The number of carbonyl (C=O) groups excluding carboxylic acids is 1. The van der Waals surface area contributed by atoms with Crippen LogP contribution in [0.4, 0.5) is 18.9 Å². The first kappa shape index (κ1) is 19.2. The number of piperidine rings is 1. The van der Waals surface area contributed by atoms with Gasteiger partial charge in [-0.05, 0) is 49.1 Å². The molecule has 1 aliphatic heterocycles. The van der Waals surface area contributed by atoms with Crippen molar-refractivity contribution in [2.45, 2.75) is 19.3 Å². The Bertz CT molecular complexity index is 824. The summed E-state index contributed by atoms with van der Waals surface area (Å²) in [6.45, 7) is 2.59. The number of hydrogen-bond donors (Lipinski definition) is 1. The Balaban J connectivity index is 1.45. The van der Waals surface area contributed by atoms with E-state index in [0.29, 0.717) is 0 Å². The van der Waals surface area contributed by atoms with Crippen molar-refractivity contribution in [1.29, 1.82) is 0 Å². The largest absolute Gasteiger partial charge is 0.322 e. The maximum Gasteiger partial charge on any atom is 0.248 e. The Morgan fingerprint density at radius 3 is 2.37 bits per heavy atom. The van der Waals surface area contributed by atoms with Gasteiger partial charge in [-0.15, -0.1) is 0 Å². The zero-order chi connectivity index (χ0) is 19.2. The highest BCUT2D eigenvalue weighted by atomic mass is 19.2. The van der Waals surface area contributed by atoms with Gasteiger partial charge in [-0.3, -0.25) is 4.79 Å². The lowest BCUT2D eigenvalue weighted by molar-refractivity contribution is -0.112. The number of nitrogens with zero attached hydrogens (tertiary/aromatic N) is 1. The van der Waals surface area contributed by atoms with E-state index in [2.05, 4.69) is 10.2 Å². The monoisotopic (exact) mass is 374 g/mol. The summed E-state index contributed by atoms with van der Waals surface area (Å²) in [6, 6.07) is 9.81. The van der Waals surface area contributed by atoms with Crippen LogP contribution in [0, 0.1) is 17.5 Å². The van der Waals surface area contributed by atoms with Crippen LogP contribution in [0.3, 0.4) is 0 Å². The first-order chi connectivity index (χ1) is 13.0. The highest BCUT2D eigenvalue weighted by Gasteiger charge is 2.15. The molecule has 0 aromatic heterocycles. The van der Waals surface area contributed by atoms with Gasteiger partial charge in [-0.1, -0.05) is 17.7 Å². The molecule has 0 spiro atoms. The predicted octanol–water partition coefficient (Wildman–Crippen LogP) is 4.31. The lowest BCUT2D eigenvalue weighted by Crippen LogP contribution is -2.32. The van der Waals surface area contributed by atoms with Gasteiger partial charge in [0.1, 0.15) is 5.82 Å². The lowest BCUT2D eigenvalue weighted by Gasteiger charge is -2.28. The Kier molecular flexibility index (Phi) is 6.29. The lowest BCUT2D eigenvalue weighted by atomic mass is 10.0. The first-order valence-electron chi connectivity index (χ1n) is 8.92. The Hall–Kier alpha value is -2.60.